The van der Waals surface area contributed by atoms with Crippen molar-refractivity contribution in [1.82, 2.24) is 15.3 Å². The van der Waals surface area contributed by atoms with Gasteiger partial charge in [0.25, 0.3) is 5.91 Å². The van der Waals surface area contributed by atoms with Crippen molar-refractivity contribution in [3.63, 3.8) is 0 Å². The minimum absolute atomic E-state index is 0.163. The smallest absolute Gasteiger partial charge is 0.265 e. The molecule has 0 aliphatic carbocycles. The largest absolute Gasteiger partial charge is 0.485 e. The average Bonchev–Trinajstić information content (AvgIpc) is 3.09. The van der Waals surface area contributed by atoms with Crippen molar-refractivity contribution < 1.29 is 14.3 Å². The molecule has 2 atom stereocenters. The Morgan fingerprint density at radius 2 is 1.88 bits per heavy atom. The third kappa shape index (κ3) is 3.10. The number of aromatic amines is 1. The first-order valence-electron chi connectivity index (χ1n) is 8.75. The number of ether oxygens (including phenoxy) is 2. The van der Waals surface area contributed by atoms with Crippen molar-refractivity contribution in [2.75, 3.05) is 6.61 Å². The fourth-order valence-electron chi connectivity index (χ4n) is 3.07. The predicted molar refractivity (Wildman–Crippen MR) is 98.2 cm³/mol. The Bertz CT molecular complexity index is 902. The number of nitrogens with zero attached hydrogens (tertiary/aromatic N) is 1. The first-order valence-corrected chi connectivity index (χ1v) is 8.75. The lowest BCUT2D eigenvalue weighted by Gasteiger charge is -2.28. The molecule has 0 radical (unpaired) electrons. The molecular formula is C20H21N3O3. The number of aromatic nitrogens is 2. The van der Waals surface area contributed by atoms with E-state index in [-0.39, 0.29) is 24.5 Å². The zero-order chi connectivity index (χ0) is 18.1. The van der Waals surface area contributed by atoms with E-state index in [1.54, 1.807) is 6.07 Å². The first kappa shape index (κ1) is 16.4. The highest BCUT2D eigenvalue weighted by atomic mass is 16.6. The van der Waals surface area contributed by atoms with Gasteiger partial charge in [0.2, 0.25) is 6.10 Å². The number of hydrogen-bond acceptors (Lipinski definition) is 4. The molecule has 2 heterocycles. The SMILES string of the molecule is CC(C)[C@@H](NC(=O)[C@@H]1COc2ccccc2O1)c1nc2ccccc2[nH]1. The number of para-hydroxylation sites is 4. The van der Waals surface area contributed by atoms with Crippen LogP contribution in [-0.4, -0.2) is 28.6 Å². The van der Waals surface area contributed by atoms with Crippen LogP contribution < -0.4 is 14.8 Å². The molecule has 1 aliphatic heterocycles. The Morgan fingerprint density at radius 3 is 2.65 bits per heavy atom. The molecule has 3 aromatic rings. The molecule has 0 saturated heterocycles. The lowest BCUT2D eigenvalue weighted by atomic mass is 10.0. The van der Waals surface area contributed by atoms with Crippen LogP contribution in [0.25, 0.3) is 11.0 Å². The van der Waals surface area contributed by atoms with Crippen LogP contribution in [0.15, 0.2) is 48.5 Å². The molecule has 4 rings (SSSR count). The first-order chi connectivity index (χ1) is 12.6. The molecule has 2 N–H and O–H groups in total. The van der Waals surface area contributed by atoms with Crippen molar-refractivity contribution in [3.05, 3.63) is 54.4 Å². The summed E-state index contributed by atoms with van der Waals surface area (Å²) in [4.78, 5) is 20.7. The number of benzene rings is 2. The molecule has 0 bridgehead atoms. The van der Waals surface area contributed by atoms with Gasteiger partial charge in [-0.2, -0.15) is 0 Å². The number of imidazole rings is 1. The van der Waals surface area contributed by atoms with Gasteiger partial charge < -0.3 is 19.8 Å². The van der Waals surface area contributed by atoms with E-state index < -0.39 is 6.10 Å². The Balaban J connectivity index is 1.52. The summed E-state index contributed by atoms with van der Waals surface area (Å²) in [7, 11) is 0. The summed E-state index contributed by atoms with van der Waals surface area (Å²) in [5.74, 6) is 1.94. The molecule has 6 heteroatoms. The standard InChI is InChI=1S/C20H21N3O3/c1-12(2)18(19-21-13-7-3-4-8-14(13)22-19)23-20(24)17-11-25-15-9-5-6-10-16(15)26-17/h3-10,12,17-18H,11H2,1-2H3,(H,21,22)(H,23,24)/t17-,18+/m0/s1. The van der Waals surface area contributed by atoms with Crippen LogP contribution in [0.1, 0.15) is 25.7 Å². The number of nitrogens with one attached hydrogen (secondary N) is 2. The molecule has 6 nitrogen and oxygen atoms in total. The quantitative estimate of drug-likeness (QED) is 0.757. The van der Waals surface area contributed by atoms with Crippen molar-refractivity contribution in [2.45, 2.75) is 26.0 Å². The molecule has 0 saturated carbocycles. The summed E-state index contributed by atoms with van der Waals surface area (Å²) in [5.41, 5.74) is 1.84. The Kier molecular flexibility index (Phi) is 4.24. The second-order valence-electron chi connectivity index (χ2n) is 6.73. The fourth-order valence-corrected chi connectivity index (χ4v) is 3.07. The van der Waals surface area contributed by atoms with Gasteiger partial charge in [0.15, 0.2) is 11.5 Å². The molecule has 1 aromatic heterocycles. The Labute approximate surface area is 151 Å². The zero-order valence-corrected chi connectivity index (χ0v) is 14.7. The molecule has 1 amide bonds. The monoisotopic (exact) mass is 351 g/mol. The molecule has 0 fully saturated rings. The van der Waals surface area contributed by atoms with E-state index in [1.165, 1.54) is 0 Å². The maximum atomic E-state index is 12.8. The minimum Gasteiger partial charge on any atom is -0.485 e. The molecule has 134 valence electrons. The van der Waals surface area contributed by atoms with Gasteiger partial charge in [-0.1, -0.05) is 38.1 Å². The zero-order valence-electron chi connectivity index (χ0n) is 14.7. The highest BCUT2D eigenvalue weighted by Crippen LogP contribution is 2.31. The van der Waals surface area contributed by atoms with E-state index in [4.69, 9.17) is 9.47 Å². The summed E-state index contributed by atoms with van der Waals surface area (Å²) in [6.45, 7) is 4.28. The van der Waals surface area contributed by atoms with Crippen molar-refractivity contribution >= 4 is 16.9 Å². The summed E-state index contributed by atoms with van der Waals surface area (Å²) in [6.07, 6.45) is -0.685. The van der Waals surface area contributed by atoms with Crippen molar-refractivity contribution in [1.29, 1.82) is 0 Å². The van der Waals surface area contributed by atoms with Crippen LogP contribution >= 0.6 is 0 Å². The Morgan fingerprint density at radius 1 is 1.15 bits per heavy atom. The van der Waals surface area contributed by atoms with Crippen LogP contribution in [0, 0.1) is 5.92 Å². The maximum Gasteiger partial charge on any atom is 0.265 e. The van der Waals surface area contributed by atoms with Crippen LogP contribution in [0.3, 0.4) is 0 Å². The molecule has 26 heavy (non-hydrogen) atoms. The van der Waals surface area contributed by atoms with Gasteiger partial charge in [0.1, 0.15) is 12.4 Å². The van der Waals surface area contributed by atoms with Crippen molar-refractivity contribution in [2.24, 2.45) is 5.92 Å². The van der Waals surface area contributed by atoms with Crippen LogP contribution in [-0.2, 0) is 4.79 Å². The summed E-state index contributed by atoms with van der Waals surface area (Å²) < 4.78 is 11.4. The van der Waals surface area contributed by atoms with Gasteiger partial charge in [-0.3, -0.25) is 4.79 Å². The van der Waals surface area contributed by atoms with Crippen LogP contribution in [0.5, 0.6) is 11.5 Å². The van der Waals surface area contributed by atoms with E-state index in [9.17, 15) is 4.79 Å². The molecule has 2 aromatic carbocycles. The second kappa shape index (κ2) is 6.71. The van der Waals surface area contributed by atoms with Crippen LogP contribution in [0.2, 0.25) is 0 Å². The number of amides is 1. The minimum atomic E-state index is -0.685. The third-order valence-electron chi connectivity index (χ3n) is 4.47. The van der Waals surface area contributed by atoms with Crippen molar-refractivity contribution in [3.8, 4) is 11.5 Å². The van der Waals surface area contributed by atoms with Gasteiger partial charge >= 0.3 is 0 Å². The van der Waals surface area contributed by atoms with E-state index >= 15 is 0 Å². The highest BCUT2D eigenvalue weighted by molar-refractivity contribution is 5.82. The van der Waals surface area contributed by atoms with E-state index in [0.717, 1.165) is 16.9 Å². The number of H-pyrrole nitrogens is 1. The third-order valence-corrected chi connectivity index (χ3v) is 4.47. The number of hydrogen-bond donors (Lipinski definition) is 2. The predicted octanol–water partition coefficient (Wildman–Crippen LogP) is 3.22. The number of fused-ring (bicyclic) bond motifs is 2. The molecule has 0 unspecified atom stereocenters. The second-order valence-corrected chi connectivity index (χ2v) is 6.73. The summed E-state index contributed by atoms with van der Waals surface area (Å²) >= 11 is 0. The number of carbonyl (C=O) groups excluding carboxylic acids is 1. The van der Waals surface area contributed by atoms with Gasteiger partial charge in [-0.05, 0) is 30.2 Å². The van der Waals surface area contributed by atoms with Gasteiger partial charge in [0.05, 0.1) is 17.1 Å². The number of rotatable bonds is 4. The lowest BCUT2D eigenvalue weighted by Crippen LogP contribution is -2.46. The summed E-state index contributed by atoms with van der Waals surface area (Å²) in [6, 6.07) is 14.9. The molecular weight excluding hydrogens is 330 g/mol. The maximum absolute atomic E-state index is 12.8. The topological polar surface area (TPSA) is 76.2 Å². The normalized spacial score (nSPS) is 17.3. The van der Waals surface area contributed by atoms with E-state index in [2.05, 4.69) is 15.3 Å². The molecule has 0 spiro atoms. The van der Waals surface area contributed by atoms with Crippen LogP contribution in [0.4, 0.5) is 0 Å². The van der Waals surface area contributed by atoms with E-state index in [1.807, 2.05) is 56.3 Å². The number of carbonyl (C=O) groups is 1. The van der Waals surface area contributed by atoms with Gasteiger partial charge in [-0.15, -0.1) is 0 Å². The highest BCUT2D eigenvalue weighted by Gasteiger charge is 2.31. The van der Waals surface area contributed by atoms with E-state index in [0.29, 0.717) is 11.5 Å². The lowest BCUT2D eigenvalue weighted by molar-refractivity contribution is -0.131. The molecule has 1 aliphatic rings. The fraction of sp³-hybridized carbons (Fsp3) is 0.300. The van der Waals surface area contributed by atoms with Gasteiger partial charge in [0, 0.05) is 0 Å². The average molecular weight is 351 g/mol. The van der Waals surface area contributed by atoms with Gasteiger partial charge in [-0.25, -0.2) is 4.98 Å². The summed E-state index contributed by atoms with van der Waals surface area (Å²) in [5, 5.41) is 3.06. The Hall–Kier alpha value is -3.02.